The van der Waals surface area contributed by atoms with E-state index in [0.29, 0.717) is 23.7 Å². The number of hydrogen-bond donors (Lipinski definition) is 1. The van der Waals surface area contributed by atoms with Crippen LogP contribution < -0.4 is 5.43 Å². The molecule has 0 bridgehead atoms. The maximum atomic E-state index is 14.2. The fraction of sp³-hybridized carbons (Fsp3) is 0.286. The fourth-order valence-corrected chi connectivity index (χ4v) is 5.15. The average Bonchev–Trinajstić information content (AvgIpc) is 3.35. The van der Waals surface area contributed by atoms with Gasteiger partial charge in [0.15, 0.2) is 17.7 Å². The number of amides is 1. The third-order valence-corrected chi connectivity index (χ3v) is 6.86. The van der Waals surface area contributed by atoms with E-state index in [2.05, 4.69) is 4.98 Å². The summed E-state index contributed by atoms with van der Waals surface area (Å²) in [6.45, 7) is 2.56. The number of benzene rings is 1. The van der Waals surface area contributed by atoms with Gasteiger partial charge in [-0.05, 0) is 18.6 Å². The summed E-state index contributed by atoms with van der Waals surface area (Å²) in [6.07, 6.45) is 2.92. The van der Waals surface area contributed by atoms with E-state index < -0.39 is 29.1 Å². The highest BCUT2D eigenvalue weighted by Crippen LogP contribution is 2.33. The first kappa shape index (κ1) is 20.2. The van der Waals surface area contributed by atoms with Crippen molar-refractivity contribution in [3.05, 3.63) is 67.8 Å². The molecule has 0 aliphatic carbocycles. The van der Waals surface area contributed by atoms with E-state index in [4.69, 9.17) is 16.3 Å². The van der Waals surface area contributed by atoms with Crippen molar-refractivity contribution in [3.63, 3.8) is 0 Å². The molecule has 2 aliphatic rings. The first-order chi connectivity index (χ1) is 14.8. The molecule has 160 valence electrons. The molecule has 1 saturated heterocycles. The molecular formula is C21H17ClFN3O4S. The molecule has 3 aromatic rings. The maximum Gasteiger partial charge on any atom is 0.276 e. The van der Waals surface area contributed by atoms with Gasteiger partial charge in [-0.3, -0.25) is 9.59 Å². The Kier molecular flexibility index (Phi) is 4.84. The lowest BCUT2D eigenvalue weighted by molar-refractivity contribution is 0.00638. The predicted molar refractivity (Wildman–Crippen MR) is 113 cm³/mol. The lowest BCUT2D eigenvalue weighted by Gasteiger charge is -2.33. The van der Waals surface area contributed by atoms with Crippen molar-refractivity contribution in [2.75, 3.05) is 6.61 Å². The first-order valence-corrected chi connectivity index (χ1v) is 10.8. The molecule has 5 rings (SSSR count). The van der Waals surface area contributed by atoms with Crippen LogP contribution in [-0.2, 0) is 17.7 Å². The third-order valence-electron chi connectivity index (χ3n) is 5.54. The van der Waals surface area contributed by atoms with Crippen LogP contribution in [0.25, 0.3) is 10.6 Å². The van der Waals surface area contributed by atoms with E-state index in [1.807, 2.05) is 6.92 Å². The first-order valence-electron chi connectivity index (χ1n) is 9.63. The summed E-state index contributed by atoms with van der Waals surface area (Å²) in [5.41, 5.74) is -0.108. The van der Waals surface area contributed by atoms with E-state index in [-0.39, 0.29) is 28.7 Å². The Balaban J connectivity index is 1.51. The summed E-state index contributed by atoms with van der Waals surface area (Å²) >= 11 is 7.06. The Bertz CT molecular complexity index is 1270. The zero-order valence-electron chi connectivity index (χ0n) is 16.3. The molecule has 2 atom stereocenters. The Morgan fingerprint density at radius 2 is 2.19 bits per heavy atom. The molecule has 10 heteroatoms. The standard InChI is InChI=1S/C21H17ClFN3O4S/c1-10-9-30-15-8-25-7-13(18(27)19(28)17(25)21(29)26(10)15)20-24-6-12(31-20)5-11-3-2-4-14(22)16(11)23/h2-4,6-7,10,15,28H,5,8-9H2,1H3/t10-,15+/m1/s1. The minimum Gasteiger partial charge on any atom is -0.503 e. The minimum atomic E-state index is -0.666. The molecule has 0 unspecified atom stereocenters. The van der Waals surface area contributed by atoms with Crippen LogP contribution in [0.2, 0.25) is 5.02 Å². The summed E-state index contributed by atoms with van der Waals surface area (Å²) in [5, 5.41) is 11.0. The number of fused-ring (bicyclic) bond motifs is 2. The van der Waals surface area contributed by atoms with E-state index in [1.165, 1.54) is 23.6 Å². The lowest BCUT2D eigenvalue weighted by atomic mass is 10.1. The molecule has 1 aromatic carbocycles. The van der Waals surface area contributed by atoms with Crippen LogP contribution >= 0.6 is 22.9 Å². The number of pyridine rings is 1. The number of carbonyl (C=O) groups is 1. The second-order valence-corrected chi connectivity index (χ2v) is 9.11. The van der Waals surface area contributed by atoms with Gasteiger partial charge in [0.2, 0.25) is 5.43 Å². The average molecular weight is 462 g/mol. The van der Waals surface area contributed by atoms with Gasteiger partial charge in [-0.1, -0.05) is 23.7 Å². The number of halogens is 2. The minimum absolute atomic E-state index is 0.0415. The molecule has 1 N–H and O–H groups in total. The van der Waals surface area contributed by atoms with Crippen LogP contribution in [0, 0.1) is 5.82 Å². The molecule has 1 fully saturated rings. The zero-order chi connectivity index (χ0) is 21.9. The largest absolute Gasteiger partial charge is 0.503 e. The van der Waals surface area contributed by atoms with Crippen molar-refractivity contribution in [1.29, 1.82) is 0 Å². The van der Waals surface area contributed by atoms with Crippen molar-refractivity contribution >= 4 is 28.8 Å². The molecule has 0 radical (unpaired) electrons. The summed E-state index contributed by atoms with van der Waals surface area (Å²) in [7, 11) is 0. The van der Waals surface area contributed by atoms with E-state index in [9.17, 15) is 19.1 Å². The predicted octanol–water partition coefficient (Wildman–Crippen LogP) is 3.26. The van der Waals surface area contributed by atoms with Crippen LogP contribution in [0.4, 0.5) is 4.39 Å². The van der Waals surface area contributed by atoms with Gasteiger partial charge in [0.1, 0.15) is 10.8 Å². The van der Waals surface area contributed by atoms with Crippen LogP contribution in [-0.4, -0.2) is 44.3 Å². The van der Waals surface area contributed by atoms with Crippen LogP contribution in [0.3, 0.4) is 0 Å². The van der Waals surface area contributed by atoms with Crippen LogP contribution in [0.1, 0.15) is 27.9 Å². The van der Waals surface area contributed by atoms with Crippen molar-refractivity contribution < 1.29 is 19.0 Å². The van der Waals surface area contributed by atoms with Gasteiger partial charge < -0.3 is 19.3 Å². The maximum absolute atomic E-state index is 14.2. The molecule has 1 amide bonds. The molecule has 0 saturated carbocycles. The smallest absolute Gasteiger partial charge is 0.276 e. The Hall–Kier alpha value is -2.75. The number of carbonyl (C=O) groups excluding carboxylic acids is 1. The summed E-state index contributed by atoms with van der Waals surface area (Å²) < 4.78 is 21.4. The molecule has 31 heavy (non-hydrogen) atoms. The Morgan fingerprint density at radius 3 is 3.00 bits per heavy atom. The highest BCUT2D eigenvalue weighted by molar-refractivity contribution is 7.15. The molecule has 7 nitrogen and oxygen atoms in total. The van der Waals surface area contributed by atoms with Gasteiger partial charge >= 0.3 is 0 Å². The van der Waals surface area contributed by atoms with Gasteiger partial charge in [-0.15, -0.1) is 11.3 Å². The highest BCUT2D eigenvalue weighted by Gasteiger charge is 2.42. The normalized spacial score (nSPS) is 20.1. The van der Waals surface area contributed by atoms with Gasteiger partial charge in [0.25, 0.3) is 5.91 Å². The Labute approximate surface area is 185 Å². The number of ether oxygens (including phenoxy) is 1. The zero-order valence-corrected chi connectivity index (χ0v) is 17.9. The summed E-state index contributed by atoms with van der Waals surface area (Å²) in [5.74, 6) is -1.52. The van der Waals surface area contributed by atoms with Crippen molar-refractivity contribution in [2.45, 2.75) is 32.2 Å². The van der Waals surface area contributed by atoms with E-state index in [0.717, 1.165) is 4.88 Å². The number of hydrogen-bond acceptors (Lipinski definition) is 6. The van der Waals surface area contributed by atoms with Crippen molar-refractivity contribution in [3.8, 4) is 16.3 Å². The van der Waals surface area contributed by atoms with E-state index >= 15 is 0 Å². The third kappa shape index (κ3) is 3.24. The molecule has 2 aliphatic heterocycles. The molecule has 0 spiro atoms. The molecule has 4 heterocycles. The lowest BCUT2D eigenvalue weighted by Crippen LogP contribution is -2.48. The number of thiazole rings is 1. The van der Waals surface area contributed by atoms with Crippen molar-refractivity contribution in [1.82, 2.24) is 14.5 Å². The van der Waals surface area contributed by atoms with Gasteiger partial charge in [-0.25, -0.2) is 9.37 Å². The topological polar surface area (TPSA) is 84.7 Å². The summed E-state index contributed by atoms with van der Waals surface area (Å²) in [4.78, 5) is 32.3. The highest BCUT2D eigenvalue weighted by atomic mass is 35.5. The van der Waals surface area contributed by atoms with Crippen LogP contribution in [0.5, 0.6) is 5.75 Å². The van der Waals surface area contributed by atoms with Crippen molar-refractivity contribution in [2.24, 2.45) is 0 Å². The van der Waals surface area contributed by atoms with Gasteiger partial charge in [0.05, 0.1) is 29.8 Å². The second kappa shape index (κ2) is 7.44. The SMILES string of the molecule is C[C@@H]1CO[C@H]2Cn3cc(-c4ncc(Cc5cccc(Cl)c5F)s4)c(=O)c(O)c3C(=O)N12. The molecular weight excluding hydrogens is 445 g/mol. The number of aromatic hydroxyl groups is 1. The number of nitrogens with zero attached hydrogens (tertiary/aromatic N) is 3. The quantitative estimate of drug-likeness (QED) is 0.647. The monoisotopic (exact) mass is 461 g/mol. The number of aromatic nitrogens is 2. The van der Waals surface area contributed by atoms with Gasteiger partial charge in [0, 0.05) is 23.7 Å². The summed E-state index contributed by atoms with van der Waals surface area (Å²) in [6, 6.07) is 4.66. The molecule has 2 aromatic heterocycles. The second-order valence-electron chi connectivity index (χ2n) is 7.59. The van der Waals surface area contributed by atoms with Gasteiger partial charge in [-0.2, -0.15) is 0 Å². The number of rotatable bonds is 3. The van der Waals surface area contributed by atoms with E-state index in [1.54, 1.807) is 27.8 Å². The Morgan fingerprint density at radius 1 is 1.39 bits per heavy atom. The van der Waals surface area contributed by atoms with Crippen LogP contribution in [0.15, 0.2) is 35.4 Å². The fourth-order valence-electron chi connectivity index (χ4n) is 4.01.